The minimum atomic E-state index is -0.854. The average Bonchev–Trinajstić information content (AvgIpc) is 3.41. The van der Waals surface area contributed by atoms with E-state index in [1.54, 1.807) is 37.4 Å². The topological polar surface area (TPSA) is 79.7 Å². The van der Waals surface area contributed by atoms with Crippen LogP contribution in [0.1, 0.15) is 43.5 Å². The number of halogens is 1. The van der Waals surface area contributed by atoms with Crippen LogP contribution in [0, 0.1) is 0 Å². The molecule has 1 N–H and O–H groups in total. The van der Waals surface area contributed by atoms with Crippen LogP contribution in [0.4, 0.5) is 5.13 Å². The molecule has 1 atom stereocenters. The Kier molecular flexibility index (Phi) is 6.30. The zero-order valence-electron chi connectivity index (χ0n) is 20.8. The lowest BCUT2D eigenvalue weighted by molar-refractivity contribution is -0.132. The third-order valence-electron chi connectivity index (χ3n) is 6.44. The van der Waals surface area contributed by atoms with Crippen LogP contribution in [-0.2, 0) is 15.0 Å². The SMILES string of the molecule is COc1ccc2nc(N3C(=O)C(=O)/C(=C(/O)c4ccc(Cl)cc4)[C@@H]3c3ccc(C(C)(C)C)cc3)sc2c1. The van der Waals surface area contributed by atoms with Gasteiger partial charge in [-0.3, -0.25) is 14.5 Å². The fourth-order valence-corrected chi connectivity index (χ4v) is 5.54. The highest BCUT2D eigenvalue weighted by Gasteiger charge is 2.48. The van der Waals surface area contributed by atoms with E-state index in [0.29, 0.717) is 32.5 Å². The molecule has 0 spiro atoms. The monoisotopic (exact) mass is 532 g/mol. The van der Waals surface area contributed by atoms with Crippen LogP contribution in [-0.4, -0.2) is 28.9 Å². The van der Waals surface area contributed by atoms with Crippen LogP contribution in [0.15, 0.2) is 72.3 Å². The Labute approximate surface area is 223 Å². The Hall–Kier alpha value is -3.68. The zero-order valence-corrected chi connectivity index (χ0v) is 22.4. The smallest absolute Gasteiger partial charge is 0.301 e. The summed E-state index contributed by atoms with van der Waals surface area (Å²) < 4.78 is 6.14. The lowest BCUT2D eigenvalue weighted by Crippen LogP contribution is -2.29. The maximum Gasteiger partial charge on any atom is 0.301 e. The van der Waals surface area contributed by atoms with Crippen molar-refractivity contribution in [2.75, 3.05) is 12.0 Å². The van der Waals surface area contributed by atoms with E-state index in [0.717, 1.165) is 10.3 Å². The molecule has 1 amide bonds. The van der Waals surface area contributed by atoms with Crippen LogP contribution in [0.2, 0.25) is 5.02 Å². The summed E-state index contributed by atoms with van der Waals surface area (Å²) >= 11 is 7.31. The van der Waals surface area contributed by atoms with Crippen molar-refractivity contribution in [1.82, 2.24) is 4.98 Å². The summed E-state index contributed by atoms with van der Waals surface area (Å²) in [7, 11) is 1.58. The number of thiazole rings is 1. The van der Waals surface area contributed by atoms with Gasteiger partial charge in [0, 0.05) is 10.6 Å². The van der Waals surface area contributed by atoms with Gasteiger partial charge in [0.05, 0.1) is 28.9 Å². The Bertz CT molecular complexity index is 1550. The molecule has 1 aromatic heterocycles. The molecule has 0 bridgehead atoms. The van der Waals surface area contributed by atoms with Gasteiger partial charge in [-0.2, -0.15) is 0 Å². The van der Waals surface area contributed by atoms with Crippen molar-refractivity contribution in [2.45, 2.75) is 32.2 Å². The number of carbonyl (C=O) groups is 2. The number of fused-ring (bicyclic) bond motifs is 1. The number of aliphatic hydroxyl groups excluding tert-OH is 1. The molecule has 3 aromatic carbocycles. The molecule has 0 aliphatic carbocycles. The number of methoxy groups -OCH3 is 1. The van der Waals surface area contributed by atoms with Crippen LogP contribution in [0.3, 0.4) is 0 Å². The molecule has 4 aromatic rings. The lowest BCUT2D eigenvalue weighted by atomic mass is 9.85. The number of carbonyl (C=O) groups excluding carboxylic acids is 2. The van der Waals surface area contributed by atoms with Crippen LogP contribution in [0.25, 0.3) is 16.0 Å². The van der Waals surface area contributed by atoms with E-state index in [1.807, 2.05) is 36.4 Å². The van der Waals surface area contributed by atoms with Gasteiger partial charge in [0.1, 0.15) is 11.5 Å². The summed E-state index contributed by atoms with van der Waals surface area (Å²) in [5.74, 6) is -1.10. The molecule has 0 unspecified atom stereocenters. The Morgan fingerprint density at radius 2 is 1.70 bits per heavy atom. The fourth-order valence-electron chi connectivity index (χ4n) is 4.40. The van der Waals surface area contributed by atoms with Crippen molar-refractivity contribution in [3.05, 3.63) is 94.0 Å². The van der Waals surface area contributed by atoms with Crippen molar-refractivity contribution < 1.29 is 19.4 Å². The van der Waals surface area contributed by atoms with Gasteiger partial charge in [-0.05, 0) is 59.0 Å². The second-order valence-electron chi connectivity index (χ2n) is 9.88. The fraction of sp³-hybridized carbons (Fsp3) is 0.207. The van der Waals surface area contributed by atoms with Crippen molar-refractivity contribution in [3.63, 3.8) is 0 Å². The number of amides is 1. The number of benzene rings is 3. The van der Waals surface area contributed by atoms with E-state index < -0.39 is 17.7 Å². The van der Waals surface area contributed by atoms with Gasteiger partial charge in [0.2, 0.25) is 0 Å². The molecule has 188 valence electrons. The highest BCUT2D eigenvalue weighted by Crippen LogP contribution is 2.45. The largest absolute Gasteiger partial charge is 0.507 e. The number of nitrogens with zero attached hydrogens (tertiary/aromatic N) is 2. The van der Waals surface area contributed by atoms with Crippen LogP contribution < -0.4 is 9.64 Å². The number of ether oxygens (including phenoxy) is 1. The highest BCUT2D eigenvalue weighted by molar-refractivity contribution is 7.22. The normalized spacial score (nSPS) is 17.5. The minimum absolute atomic E-state index is 0.00710. The molecule has 0 saturated carbocycles. The second kappa shape index (κ2) is 9.32. The Balaban J connectivity index is 1.70. The summed E-state index contributed by atoms with van der Waals surface area (Å²) in [6, 6.07) is 18.9. The van der Waals surface area contributed by atoms with Gasteiger partial charge in [0.15, 0.2) is 5.13 Å². The number of hydrogen-bond acceptors (Lipinski definition) is 6. The maximum atomic E-state index is 13.5. The van der Waals surface area contributed by atoms with Crippen molar-refractivity contribution >= 4 is 55.7 Å². The van der Waals surface area contributed by atoms with Crippen molar-refractivity contribution in [2.24, 2.45) is 0 Å². The van der Waals surface area contributed by atoms with Crippen LogP contribution in [0.5, 0.6) is 5.75 Å². The first kappa shape index (κ1) is 25.0. The number of anilines is 1. The van der Waals surface area contributed by atoms with E-state index in [2.05, 4.69) is 25.8 Å². The molecule has 6 nitrogen and oxygen atoms in total. The van der Waals surface area contributed by atoms with Gasteiger partial charge in [-0.1, -0.05) is 68.0 Å². The number of ketones is 1. The van der Waals surface area contributed by atoms with E-state index in [4.69, 9.17) is 16.3 Å². The second-order valence-corrected chi connectivity index (χ2v) is 11.3. The first-order chi connectivity index (χ1) is 17.6. The lowest BCUT2D eigenvalue weighted by Gasteiger charge is -2.24. The number of aromatic nitrogens is 1. The van der Waals surface area contributed by atoms with Crippen LogP contribution >= 0.6 is 22.9 Å². The number of hydrogen-bond donors (Lipinski definition) is 1. The molecule has 1 saturated heterocycles. The molecule has 1 aliphatic heterocycles. The summed E-state index contributed by atoms with van der Waals surface area (Å²) in [6.07, 6.45) is 0. The first-order valence-electron chi connectivity index (χ1n) is 11.7. The highest BCUT2D eigenvalue weighted by atomic mass is 35.5. The number of rotatable bonds is 4. The number of aliphatic hydroxyl groups is 1. The van der Waals surface area contributed by atoms with Crippen molar-refractivity contribution in [3.8, 4) is 5.75 Å². The van der Waals surface area contributed by atoms with Gasteiger partial charge in [-0.25, -0.2) is 4.98 Å². The molecule has 0 radical (unpaired) electrons. The maximum absolute atomic E-state index is 13.5. The quantitative estimate of drug-likeness (QED) is 0.176. The molecule has 2 heterocycles. The molecule has 1 fully saturated rings. The molecular formula is C29H25ClN2O4S. The van der Waals surface area contributed by atoms with E-state index >= 15 is 0 Å². The average molecular weight is 533 g/mol. The van der Waals surface area contributed by atoms with E-state index in [-0.39, 0.29) is 16.7 Å². The van der Waals surface area contributed by atoms with E-state index in [1.165, 1.54) is 16.2 Å². The predicted octanol–water partition coefficient (Wildman–Crippen LogP) is 6.88. The van der Waals surface area contributed by atoms with Crippen molar-refractivity contribution in [1.29, 1.82) is 0 Å². The minimum Gasteiger partial charge on any atom is -0.507 e. The third-order valence-corrected chi connectivity index (χ3v) is 7.71. The summed E-state index contributed by atoms with van der Waals surface area (Å²) in [5.41, 5.74) is 2.82. The third kappa shape index (κ3) is 4.49. The van der Waals surface area contributed by atoms with Gasteiger partial charge in [-0.15, -0.1) is 0 Å². The summed E-state index contributed by atoms with van der Waals surface area (Å²) in [5, 5.41) is 12.2. The molecular weight excluding hydrogens is 508 g/mol. The van der Waals surface area contributed by atoms with Gasteiger partial charge < -0.3 is 9.84 Å². The molecule has 8 heteroatoms. The number of Topliss-reactive ketones (excluding diaryl/α,β-unsaturated/α-hetero) is 1. The van der Waals surface area contributed by atoms with E-state index in [9.17, 15) is 14.7 Å². The van der Waals surface area contributed by atoms with Gasteiger partial charge in [0.25, 0.3) is 5.78 Å². The standard InChI is InChI=1S/C29H25ClN2O4S/c1-29(2,3)18-9-5-16(6-10-18)24-23(25(33)17-7-11-19(30)12-8-17)26(34)27(35)32(24)28-31-21-14-13-20(36-4)15-22(21)37-28/h5-15,24,33H,1-4H3/b25-23+/t24-/m0/s1. The molecule has 5 rings (SSSR count). The molecule has 1 aliphatic rings. The van der Waals surface area contributed by atoms with Gasteiger partial charge >= 0.3 is 5.91 Å². The predicted molar refractivity (Wildman–Crippen MR) is 148 cm³/mol. The summed E-state index contributed by atoms with van der Waals surface area (Å²) in [6.45, 7) is 6.35. The Morgan fingerprint density at radius 1 is 1.03 bits per heavy atom. The first-order valence-corrected chi connectivity index (χ1v) is 12.9. The zero-order chi connectivity index (χ0) is 26.5. The Morgan fingerprint density at radius 3 is 2.32 bits per heavy atom. The summed E-state index contributed by atoms with van der Waals surface area (Å²) in [4.78, 5) is 32.9. The molecule has 37 heavy (non-hydrogen) atoms.